The number of nitrogens with zero attached hydrogens (tertiary/aromatic N) is 1. The van der Waals surface area contributed by atoms with Crippen LogP contribution < -0.4 is 5.32 Å². The van der Waals surface area contributed by atoms with E-state index in [-0.39, 0.29) is 17.6 Å². The second kappa shape index (κ2) is 5.44. The van der Waals surface area contributed by atoms with Gasteiger partial charge in [-0.2, -0.15) is 0 Å². The molecule has 0 aromatic heterocycles. The Hall–Kier alpha value is -1.80. The highest BCUT2D eigenvalue weighted by Crippen LogP contribution is 2.49. The molecule has 0 aliphatic carbocycles. The van der Waals surface area contributed by atoms with Crippen LogP contribution in [0.2, 0.25) is 0 Å². The minimum atomic E-state index is -1.21. The van der Waals surface area contributed by atoms with E-state index in [0.29, 0.717) is 16.4 Å². The number of carbonyl (C=O) groups excluding carboxylic acids is 2. The Morgan fingerprint density at radius 1 is 1.45 bits per heavy atom. The lowest BCUT2D eigenvalue weighted by molar-refractivity contribution is -0.169. The summed E-state index contributed by atoms with van der Waals surface area (Å²) in [7, 11) is 0. The van der Waals surface area contributed by atoms with Gasteiger partial charge in [0.05, 0.1) is 22.6 Å². The molecule has 2 aliphatic rings. The maximum absolute atomic E-state index is 12.2. The van der Waals surface area contributed by atoms with Gasteiger partial charge in [-0.05, 0) is 13.8 Å². The van der Waals surface area contributed by atoms with Crippen molar-refractivity contribution in [3.05, 3.63) is 22.2 Å². The van der Waals surface area contributed by atoms with Crippen LogP contribution in [0.4, 0.5) is 0 Å². The minimum Gasteiger partial charge on any atom is -0.477 e. The number of aliphatic carboxylic acids is 1. The molecular formula is C14H18N2O5S. The molecule has 0 saturated carbocycles. The third-order valence-corrected chi connectivity index (χ3v) is 4.60. The van der Waals surface area contributed by atoms with Gasteiger partial charge in [-0.1, -0.05) is 18.3 Å². The molecule has 120 valence electrons. The Kier molecular flexibility index (Phi) is 4.09. The van der Waals surface area contributed by atoms with Gasteiger partial charge in [0.25, 0.3) is 0 Å². The molecule has 0 bridgehead atoms. The lowest BCUT2D eigenvalue weighted by Crippen LogP contribution is -2.65. The molecule has 22 heavy (non-hydrogen) atoms. The number of carbonyl (C=O) groups is 3. The highest BCUT2D eigenvalue weighted by atomic mass is 32.2. The zero-order valence-electron chi connectivity index (χ0n) is 12.5. The molecule has 1 fully saturated rings. The quantitative estimate of drug-likeness (QED) is 0.640. The smallest absolute Gasteiger partial charge is 0.353 e. The predicted molar refractivity (Wildman–Crippen MR) is 80.2 cm³/mol. The fourth-order valence-corrected chi connectivity index (χ4v) is 3.94. The van der Waals surface area contributed by atoms with Gasteiger partial charge in [-0.25, -0.2) is 4.79 Å². The van der Waals surface area contributed by atoms with Crippen molar-refractivity contribution in [3.63, 3.8) is 0 Å². The number of carboxylic acid groups (broad SMARTS) is 1. The van der Waals surface area contributed by atoms with Gasteiger partial charge in [0.15, 0.2) is 0 Å². The van der Waals surface area contributed by atoms with Gasteiger partial charge in [0.1, 0.15) is 5.70 Å². The van der Waals surface area contributed by atoms with Crippen LogP contribution in [0.25, 0.3) is 0 Å². The Balaban J connectivity index is 2.24. The van der Waals surface area contributed by atoms with Crippen molar-refractivity contribution in [1.29, 1.82) is 0 Å². The summed E-state index contributed by atoms with van der Waals surface area (Å²) in [6, 6.07) is -0.369. The molecule has 0 aromatic carbocycles. The summed E-state index contributed by atoms with van der Waals surface area (Å²) in [5.74, 6) is -2.53. The highest BCUT2D eigenvalue weighted by molar-refractivity contribution is 8.06. The number of rotatable bonds is 5. The topological polar surface area (TPSA) is 107 Å². The van der Waals surface area contributed by atoms with E-state index in [1.165, 1.54) is 25.7 Å². The van der Waals surface area contributed by atoms with Crippen LogP contribution in [-0.4, -0.2) is 44.5 Å². The SMILES string of the molecule is C=C(NC(C)=O)SC1=C(C(=O)O)N2C(=O)C(C(C)(C)O)C2C1. The number of amides is 2. The first kappa shape index (κ1) is 16.6. The van der Waals surface area contributed by atoms with Crippen molar-refractivity contribution in [1.82, 2.24) is 10.2 Å². The maximum atomic E-state index is 12.2. The van der Waals surface area contributed by atoms with Crippen LogP contribution >= 0.6 is 11.8 Å². The van der Waals surface area contributed by atoms with Crippen LogP contribution in [0, 0.1) is 5.92 Å². The first-order valence-corrected chi connectivity index (χ1v) is 7.52. The van der Waals surface area contributed by atoms with Gasteiger partial charge in [0, 0.05) is 18.2 Å². The van der Waals surface area contributed by atoms with Crippen molar-refractivity contribution in [2.75, 3.05) is 0 Å². The summed E-state index contributed by atoms with van der Waals surface area (Å²) < 4.78 is 0. The molecule has 0 aromatic rings. The second-order valence-corrected chi connectivity index (χ2v) is 7.08. The monoisotopic (exact) mass is 326 g/mol. The number of fused-ring (bicyclic) bond motifs is 1. The van der Waals surface area contributed by atoms with Gasteiger partial charge in [-0.3, -0.25) is 9.59 Å². The van der Waals surface area contributed by atoms with Crippen molar-refractivity contribution < 1.29 is 24.6 Å². The van der Waals surface area contributed by atoms with E-state index in [0.717, 1.165) is 11.8 Å². The number of hydrogen-bond acceptors (Lipinski definition) is 5. The van der Waals surface area contributed by atoms with Crippen LogP contribution in [0.3, 0.4) is 0 Å². The molecule has 3 N–H and O–H groups in total. The van der Waals surface area contributed by atoms with Crippen LogP contribution in [-0.2, 0) is 14.4 Å². The van der Waals surface area contributed by atoms with Gasteiger partial charge in [-0.15, -0.1) is 0 Å². The molecule has 0 radical (unpaired) electrons. The summed E-state index contributed by atoms with van der Waals surface area (Å²) >= 11 is 1.03. The number of carboxylic acids is 1. The number of aliphatic hydroxyl groups is 1. The molecule has 8 heteroatoms. The molecule has 2 rings (SSSR count). The van der Waals surface area contributed by atoms with Crippen molar-refractivity contribution in [3.8, 4) is 0 Å². The molecular weight excluding hydrogens is 308 g/mol. The Bertz CT molecular complexity index is 605. The van der Waals surface area contributed by atoms with Gasteiger partial charge < -0.3 is 20.4 Å². The Morgan fingerprint density at radius 3 is 2.50 bits per heavy atom. The lowest BCUT2D eigenvalue weighted by atomic mass is 9.76. The lowest BCUT2D eigenvalue weighted by Gasteiger charge is -2.48. The summed E-state index contributed by atoms with van der Waals surface area (Å²) in [4.78, 5) is 36.3. The minimum absolute atomic E-state index is 0.0907. The molecule has 2 atom stereocenters. The largest absolute Gasteiger partial charge is 0.477 e. The third-order valence-electron chi connectivity index (χ3n) is 3.64. The second-order valence-electron chi connectivity index (χ2n) is 5.89. The summed E-state index contributed by atoms with van der Waals surface area (Å²) in [5.41, 5.74) is -1.30. The Labute approximate surface area is 132 Å². The number of nitrogens with one attached hydrogen (secondary N) is 1. The number of hydrogen-bond donors (Lipinski definition) is 3. The van der Waals surface area contributed by atoms with Crippen LogP contribution in [0.15, 0.2) is 22.2 Å². The van der Waals surface area contributed by atoms with E-state index < -0.39 is 23.4 Å². The van der Waals surface area contributed by atoms with E-state index in [4.69, 9.17) is 0 Å². The standard InChI is InChI=1S/C14H18N2O5S/c1-6(17)15-7(2)22-9-5-8-10(14(3,4)21)12(18)16(8)11(9)13(19)20/h8,10,21H,2,5H2,1,3-4H3,(H,15,17)(H,19,20). The molecule has 2 aliphatic heterocycles. The highest BCUT2D eigenvalue weighted by Gasteiger charge is 2.59. The summed E-state index contributed by atoms with van der Waals surface area (Å²) in [6.07, 6.45) is 0.325. The molecule has 2 heterocycles. The van der Waals surface area contributed by atoms with E-state index in [1.807, 2.05) is 0 Å². The van der Waals surface area contributed by atoms with Gasteiger partial charge >= 0.3 is 5.97 Å². The molecule has 2 unspecified atom stereocenters. The zero-order chi connectivity index (χ0) is 16.8. The third kappa shape index (κ3) is 2.76. The average molecular weight is 326 g/mol. The van der Waals surface area contributed by atoms with Gasteiger partial charge in [0.2, 0.25) is 11.8 Å². The van der Waals surface area contributed by atoms with Crippen molar-refractivity contribution in [2.45, 2.75) is 38.8 Å². The predicted octanol–water partition coefficient (Wildman–Crippen LogP) is 0.625. The summed E-state index contributed by atoms with van der Waals surface area (Å²) in [6.45, 7) is 8.06. The average Bonchev–Trinajstić information content (AvgIpc) is 2.60. The van der Waals surface area contributed by atoms with E-state index in [1.54, 1.807) is 0 Å². The maximum Gasteiger partial charge on any atom is 0.353 e. The fraction of sp³-hybridized carbons (Fsp3) is 0.500. The zero-order valence-corrected chi connectivity index (χ0v) is 13.4. The molecule has 7 nitrogen and oxygen atoms in total. The van der Waals surface area contributed by atoms with Crippen molar-refractivity contribution in [2.24, 2.45) is 5.92 Å². The summed E-state index contributed by atoms with van der Waals surface area (Å²) in [5, 5.41) is 22.2. The number of β-lactam (4-membered cyclic amide) rings is 1. The Morgan fingerprint density at radius 2 is 2.05 bits per heavy atom. The first-order valence-electron chi connectivity index (χ1n) is 6.70. The first-order chi connectivity index (χ1) is 10.0. The molecule has 1 saturated heterocycles. The van der Waals surface area contributed by atoms with E-state index in [9.17, 15) is 24.6 Å². The fourth-order valence-electron chi connectivity index (χ4n) is 2.91. The van der Waals surface area contributed by atoms with E-state index >= 15 is 0 Å². The van der Waals surface area contributed by atoms with E-state index in [2.05, 4.69) is 11.9 Å². The van der Waals surface area contributed by atoms with Crippen LogP contribution in [0.5, 0.6) is 0 Å². The molecule has 0 spiro atoms. The van der Waals surface area contributed by atoms with Crippen molar-refractivity contribution >= 4 is 29.5 Å². The normalized spacial score (nSPS) is 24.0. The van der Waals surface area contributed by atoms with Crippen LogP contribution in [0.1, 0.15) is 27.2 Å². The molecule has 2 amide bonds. The number of thioether (sulfide) groups is 1.